The molecule has 0 radical (unpaired) electrons. The lowest BCUT2D eigenvalue weighted by Gasteiger charge is -2.32. The molecule has 14 aromatic rings. The molecule has 2 heteroatoms. The smallest absolute Gasteiger partial charge is 0.0726 e. The van der Waals surface area contributed by atoms with Crippen molar-refractivity contribution in [3.8, 4) is 77.9 Å². The van der Waals surface area contributed by atoms with Crippen LogP contribution in [0.3, 0.4) is 0 Å². The number of hydrogen-bond donors (Lipinski definition) is 0. The van der Waals surface area contributed by atoms with Gasteiger partial charge in [-0.05, 0) is 214 Å². The van der Waals surface area contributed by atoms with Crippen LogP contribution >= 0.6 is 0 Å². The average Bonchev–Trinajstić information content (AvgIpc) is 1.51. The molecule has 0 fully saturated rings. The van der Waals surface area contributed by atoms with Gasteiger partial charge in [0, 0.05) is 44.8 Å². The Morgan fingerprint density at radius 2 is 0.634 bits per heavy atom. The summed E-state index contributed by atoms with van der Waals surface area (Å²) in [7, 11) is 0. The summed E-state index contributed by atoms with van der Waals surface area (Å²) in [4.78, 5) is 5.02. The van der Waals surface area contributed by atoms with Crippen molar-refractivity contribution < 1.29 is 0 Å². The van der Waals surface area contributed by atoms with Gasteiger partial charge >= 0.3 is 0 Å². The van der Waals surface area contributed by atoms with E-state index in [9.17, 15) is 0 Å². The van der Waals surface area contributed by atoms with E-state index in [-0.39, 0.29) is 10.8 Å². The number of benzene rings is 14. The third-order valence-electron chi connectivity index (χ3n) is 21.4. The predicted molar refractivity (Wildman–Crippen MR) is 391 cm³/mol. The molecule has 0 unspecified atom stereocenters. The van der Waals surface area contributed by atoms with Gasteiger partial charge in [0.1, 0.15) is 0 Å². The van der Waals surface area contributed by atoms with E-state index in [0.717, 1.165) is 45.3 Å². The summed E-state index contributed by atoms with van der Waals surface area (Å²) in [5.41, 5.74) is 36.6. The Morgan fingerprint density at radius 3 is 1.22 bits per heavy atom. The molecule has 4 aliphatic rings. The van der Waals surface area contributed by atoms with Gasteiger partial charge in [-0.1, -0.05) is 269 Å². The highest BCUT2D eigenvalue weighted by molar-refractivity contribution is 6.02. The molecule has 0 amide bonds. The minimum Gasteiger partial charge on any atom is -0.310 e. The zero-order valence-corrected chi connectivity index (χ0v) is 53.3. The molecule has 1 spiro atoms. The van der Waals surface area contributed by atoms with Gasteiger partial charge in [-0.25, -0.2) is 0 Å². The maximum Gasteiger partial charge on any atom is 0.0726 e. The van der Waals surface area contributed by atoms with Gasteiger partial charge in [0.25, 0.3) is 0 Å². The van der Waals surface area contributed by atoms with E-state index < -0.39 is 5.41 Å². The highest BCUT2D eigenvalue weighted by atomic mass is 15.2. The van der Waals surface area contributed by atoms with E-state index in [1.165, 1.54) is 133 Å². The lowest BCUT2D eigenvalue weighted by atomic mass is 9.70. The molecular weight excluding hydrogens is 1120 g/mol. The van der Waals surface area contributed by atoms with Crippen LogP contribution in [0.1, 0.15) is 83.3 Å². The Hall–Kier alpha value is -11.1. The predicted octanol–water partition coefficient (Wildman–Crippen LogP) is 24.4. The molecule has 14 aromatic carbocycles. The second-order valence-electron chi connectivity index (χ2n) is 27.3. The number of nitrogens with zero attached hydrogens (tertiary/aromatic N) is 2. The molecule has 442 valence electrons. The first kappa shape index (κ1) is 54.8. The number of fused-ring (bicyclic) bond motifs is 17. The number of hydrogen-bond acceptors (Lipinski definition) is 2. The van der Waals surface area contributed by atoms with Crippen LogP contribution in [0.25, 0.3) is 88.7 Å². The molecule has 0 aromatic heterocycles. The van der Waals surface area contributed by atoms with Crippen LogP contribution in [0.5, 0.6) is 0 Å². The van der Waals surface area contributed by atoms with Crippen molar-refractivity contribution in [1.82, 2.24) is 0 Å². The maximum atomic E-state index is 2.51. The summed E-state index contributed by atoms with van der Waals surface area (Å²) in [6.07, 6.45) is 0. The molecule has 0 saturated carbocycles. The van der Waals surface area contributed by atoms with Gasteiger partial charge in [0.05, 0.1) is 11.1 Å². The fraction of sp³-hybridized carbons (Fsp3) is 0.0989. The summed E-state index contributed by atoms with van der Waals surface area (Å²) in [6.45, 7) is 14.0. The Balaban J connectivity index is 0.797. The van der Waals surface area contributed by atoms with Gasteiger partial charge in [-0.2, -0.15) is 0 Å². The minimum absolute atomic E-state index is 0.179. The van der Waals surface area contributed by atoms with Gasteiger partial charge < -0.3 is 9.80 Å². The molecule has 18 rings (SSSR count). The third-order valence-corrected chi connectivity index (χ3v) is 21.4. The molecule has 0 saturated heterocycles. The summed E-state index contributed by atoms with van der Waals surface area (Å²) >= 11 is 0. The second kappa shape index (κ2) is 20.5. The molecule has 2 nitrogen and oxygen atoms in total. The molecule has 0 atom stereocenters. The van der Waals surface area contributed by atoms with Crippen molar-refractivity contribution in [2.24, 2.45) is 0 Å². The van der Waals surface area contributed by atoms with Crippen molar-refractivity contribution in [3.63, 3.8) is 0 Å². The normalized spacial score (nSPS) is 14.2. The van der Waals surface area contributed by atoms with Crippen LogP contribution in [0.15, 0.2) is 303 Å². The van der Waals surface area contributed by atoms with E-state index in [1.54, 1.807) is 0 Å². The van der Waals surface area contributed by atoms with Crippen LogP contribution in [-0.4, -0.2) is 0 Å². The monoisotopic (exact) mass is 1190 g/mol. The Kier molecular flexibility index (Phi) is 12.1. The maximum absolute atomic E-state index is 2.51. The summed E-state index contributed by atoms with van der Waals surface area (Å²) in [5, 5.41) is 2.48. The third kappa shape index (κ3) is 8.14. The molecule has 0 bridgehead atoms. The molecule has 4 aliphatic carbocycles. The fourth-order valence-corrected chi connectivity index (χ4v) is 16.9. The van der Waals surface area contributed by atoms with Crippen molar-refractivity contribution in [3.05, 3.63) is 359 Å². The van der Waals surface area contributed by atoms with Crippen molar-refractivity contribution in [1.29, 1.82) is 0 Å². The topological polar surface area (TPSA) is 6.48 Å². The van der Waals surface area contributed by atoms with Crippen molar-refractivity contribution in [2.45, 2.75) is 57.8 Å². The van der Waals surface area contributed by atoms with Crippen LogP contribution < -0.4 is 9.80 Å². The summed E-state index contributed by atoms with van der Waals surface area (Å²) in [5.74, 6) is 0. The van der Waals surface area contributed by atoms with Crippen LogP contribution in [0.2, 0.25) is 0 Å². The molecule has 0 aliphatic heterocycles. The lowest BCUT2D eigenvalue weighted by Crippen LogP contribution is -2.26. The standard InChI is InChI=1S/C91H68N2/c1-57-31-46-73-75-49-44-68(55-85(75)89(3,4)83(73)51-57)92(69-45-50-76-74-47-32-58(2)52-84(74)90(5,6)86(76)56-69)67-43-48-70(78(54-67)61-20-8-7-9-21-61)62-37-41-66(42-38-62)93(65-39-35-60(36-40-65)64-34-33-59-19-10-11-22-63(59)53-64)87-30-18-29-82-88(87)77-25-14-17-28-81(77)91(82)79-26-15-12-23-71(79)72-24-13-16-27-80(72)91/h7-56H,1-6H3. The van der Waals surface area contributed by atoms with E-state index in [0.29, 0.717) is 0 Å². The Bertz CT molecular complexity index is 5250. The van der Waals surface area contributed by atoms with Crippen molar-refractivity contribution in [2.75, 3.05) is 9.80 Å². The van der Waals surface area contributed by atoms with E-state index in [2.05, 4.69) is 355 Å². The Labute approximate surface area is 546 Å². The van der Waals surface area contributed by atoms with E-state index in [1.807, 2.05) is 0 Å². The SMILES string of the molecule is Cc1ccc2c(c1)C(C)(C)c1cc(N(c3ccc(-c4ccc(N(c5ccc(-c6ccc7ccccc7c6)cc5)c5cccc6c5-c5ccccc5C65c6ccccc6-c6ccccc65)cc4)c(-c4ccccc4)c3)c3ccc4c(c3)C(C)(C)c3cc(C)ccc3-4)ccc1-2. The first-order chi connectivity index (χ1) is 45.4. The Morgan fingerprint density at radius 1 is 0.226 bits per heavy atom. The second-order valence-corrected chi connectivity index (χ2v) is 27.3. The zero-order chi connectivity index (χ0) is 62.5. The molecule has 0 N–H and O–H groups in total. The van der Waals surface area contributed by atoms with Crippen LogP contribution in [-0.2, 0) is 16.2 Å². The molecule has 0 heterocycles. The minimum atomic E-state index is -0.482. The quantitative estimate of drug-likeness (QED) is 0.142. The van der Waals surface area contributed by atoms with Crippen molar-refractivity contribution >= 4 is 44.9 Å². The highest BCUT2D eigenvalue weighted by Gasteiger charge is 2.52. The van der Waals surface area contributed by atoms with E-state index >= 15 is 0 Å². The summed E-state index contributed by atoms with van der Waals surface area (Å²) in [6, 6.07) is 115. The lowest BCUT2D eigenvalue weighted by molar-refractivity contribution is 0.659. The highest BCUT2D eigenvalue weighted by Crippen LogP contribution is 2.65. The number of anilines is 6. The van der Waals surface area contributed by atoms with Crippen LogP contribution in [0.4, 0.5) is 34.1 Å². The zero-order valence-electron chi connectivity index (χ0n) is 53.3. The molecule has 93 heavy (non-hydrogen) atoms. The molecular formula is C91H68N2. The largest absolute Gasteiger partial charge is 0.310 e. The van der Waals surface area contributed by atoms with E-state index in [4.69, 9.17) is 0 Å². The first-order valence-corrected chi connectivity index (χ1v) is 32.9. The van der Waals surface area contributed by atoms with Gasteiger partial charge in [0.2, 0.25) is 0 Å². The number of aryl methyl sites for hydroxylation is 2. The average molecular weight is 1190 g/mol. The van der Waals surface area contributed by atoms with Gasteiger partial charge in [-0.15, -0.1) is 0 Å². The van der Waals surface area contributed by atoms with Gasteiger partial charge in [0.15, 0.2) is 0 Å². The van der Waals surface area contributed by atoms with Crippen LogP contribution in [0, 0.1) is 13.8 Å². The van der Waals surface area contributed by atoms with Gasteiger partial charge in [-0.3, -0.25) is 0 Å². The summed E-state index contributed by atoms with van der Waals surface area (Å²) < 4.78 is 0. The fourth-order valence-electron chi connectivity index (χ4n) is 16.9. The number of rotatable bonds is 9. The first-order valence-electron chi connectivity index (χ1n) is 32.9.